The minimum Gasteiger partial charge on any atom is -0.382 e. The van der Waals surface area contributed by atoms with E-state index in [2.05, 4.69) is 13.8 Å². The van der Waals surface area contributed by atoms with Crippen LogP contribution in [0.1, 0.15) is 33.1 Å². The van der Waals surface area contributed by atoms with Crippen molar-refractivity contribution < 1.29 is 4.74 Å². The third-order valence-electron chi connectivity index (χ3n) is 2.79. The monoisotopic (exact) mass is 172 g/mol. The molecule has 1 nitrogen and oxygen atoms in total. The first-order valence-corrected chi connectivity index (χ1v) is 7.30. The van der Waals surface area contributed by atoms with Crippen molar-refractivity contribution >= 4 is 8.80 Å². The van der Waals surface area contributed by atoms with Gasteiger partial charge >= 0.3 is 0 Å². The Morgan fingerprint density at radius 3 is 2.45 bits per heavy atom. The van der Waals surface area contributed by atoms with Crippen molar-refractivity contribution in [2.75, 3.05) is 6.61 Å². The smallest absolute Gasteiger partial charge is 0.0711 e. The van der Waals surface area contributed by atoms with E-state index in [1.54, 1.807) is 0 Å². The van der Waals surface area contributed by atoms with Gasteiger partial charge in [0.2, 0.25) is 0 Å². The van der Waals surface area contributed by atoms with Gasteiger partial charge in [-0.15, -0.1) is 0 Å². The average Bonchev–Trinajstić information content (AvgIpc) is 2.09. The summed E-state index contributed by atoms with van der Waals surface area (Å²) < 4.78 is 5.78. The lowest BCUT2D eigenvalue weighted by Crippen LogP contribution is -2.34. The van der Waals surface area contributed by atoms with Crippen LogP contribution in [0.3, 0.4) is 0 Å². The van der Waals surface area contributed by atoms with Gasteiger partial charge in [0.1, 0.15) is 0 Å². The number of hydrogen-bond donors (Lipinski definition) is 0. The van der Waals surface area contributed by atoms with Gasteiger partial charge in [0.15, 0.2) is 0 Å². The quantitative estimate of drug-likeness (QED) is 0.594. The molecule has 0 aromatic carbocycles. The molecule has 0 aromatic heterocycles. The minimum atomic E-state index is -0.496. The molecule has 0 spiro atoms. The van der Waals surface area contributed by atoms with Gasteiger partial charge in [0.25, 0.3) is 0 Å². The lowest BCUT2D eigenvalue weighted by molar-refractivity contribution is 0.0622. The lowest BCUT2D eigenvalue weighted by Gasteiger charge is -2.28. The van der Waals surface area contributed by atoms with E-state index in [-0.39, 0.29) is 0 Å². The fraction of sp³-hybridized carbons (Fsp3) is 1.00. The fourth-order valence-electron chi connectivity index (χ4n) is 1.95. The number of ether oxygens (including phenoxy) is 1. The van der Waals surface area contributed by atoms with E-state index < -0.39 is 8.80 Å². The maximum absolute atomic E-state index is 5.78. The molecule has 0 amide bonds. The first-order valence-electron chi connectivity index (χ1n) is 5.00. The molecule has 0 bridgehead atoms. The molecule has 0 saturated carbocycles. The largest absolute Gasteiger partial charge is 0.382 e. The van der Waals surface area contributed by atoms with Crippen LogP contribution in [-0.4, -0.2) is 21.1 Å². The second kappa shape index (κ2) is 4.94. The van der Waals surface area contributed by atoms with Gasteiger partial charge in [-0.2, -0.15) is 0 Å². The summed E-state index contributed by atoms with van der Waals surface area (Å²) in [6, 6.07) is 2.84. The zero-order valence-corrected chi connectivity index (χ0v) is 8.96. The highest BCUT2D eigenvalue weighted by molar-refractivity contribution is 6.60. The maximum atomic E-state index is 5.78. The molecule has 0 radical (unpaired) electrons. The standard InChI is InChI=1S/C9H20OSi/c1-3-11(4-2)9-7-5-6-8-10-9/h9,11H,3-8H2,1-2H3. The zero-order chi connectivity index (χ0) is 8.10. The van der Waals surface area contributed by atoms with E-state index in [0.717, 1.165) is 12.3 Å². The molecule has 0 aromatic rings. The molecule has 11 heavy (non-hydrogen) atoms. The van der Waals surface area contributed by atoms with Gasteiger partial charge in [0.05, 0.1) is 8.80 Å². The van der Waals surface area contributed by atoms with Crippen molar-refractivity contribution in [1.82, 2.24) is 0 Å². The van der Waals surface area contributed by atoms with Crippen molar-refractivity contribution in [3.63, 3.8) is 0 Å². The molecule has 1 rings (SSSR count). The average molecular weight is 172 g/mol. The van der Waals surface area contributed by atoms with E-state index in [0.29, 0.717) is 0 Å². The molecule has 66 valence electrons. The van der Waals surface area contributed by atoms with Crippen LogP contribution < -0.4 is 0 Å². The molecule has 1 fully saturated rings. The van der Waals surface area contributed by atoms with Crippen LogP contribution in [0, 0.1) is 0 Å². The summed E-state index contributed by atoms with van der Waals surface area (Å²) in [7, 11) is -0.496. The molecular formula is C9H20OSi. The second-order valence-corrected chi connectivity index (χ2v) is 7.38. The first-order chi connectivity index (χ1) is 5.38. The predicted octanol–water partition coefficient (Wildman–Crippen LogP) is 2.36. The first kappa shape index (κ1) is 9.27. The van der Waals surface area contributed by atoms with Crippen LogP contribution >= 0.6 is 0 Å². The summed E-state index contributed by atoms with van der Waals surface area (Å²) in [5, 5.41) is 0. The molecule has 1 atom stereocenters. The molecule has 2 heteroatoms. The second-order valence-electron chi connectivity index (χ2n) is 3.48. The summed E-state index contributed by atoms with van der Waals surface area (Å²) in [6.07, 6.45) is 4.07. The molecule has 1 heterocycles. The third-order valence-corrected chi connectivity index (χ3v) is 6.46. The number of hydrogen-bond acceptors (Lipinski definition) is 1. The highest BCUT2D eigenvalue weighted by Gasteiger charge is 2.22. The van der Waals surface area contributed by atoms with E-state index >= 15 is 0 Å². The SMILES string of the molecule is CC[SiH](CC)C1CCCCO1. The van der Waals surface area contributed by atoms with Crippen LogP contribution in [0.25, 0.3) is 0 Å². The molecule has 1 unspecified atom stereocenters. The molecule has 0 N–H and O–H groups in total. The van der Waals surface area contributed by atoms with Gasteiger partial charge in [-0.25, -0.2) is 0 Å². The summed E-state index contributed by atoms with van der Waals surface area (Å²) in [4.78, 5) is 0. The van der Waals surface area contributed by atoms with E-state index in [1.807, 2.05) is 0 Å². The van der Waals surface area contributed by atoms with Gasteiger partial charge in [-0.1, -0.05) is 25.9 Å². The Morgan fingerprint density at radius 2 is 2.00 bits per heavy atom. The van der Waals surface area contributed by atoms with Gasteiger partial charge < -0.3 is 4.74 Å². The summed E-state index contributed by atoms with van der Waals surface area (Å²) in [5.74, 6) is 0. The lowest BCUT2D eigenvalue weighted by atomic mass is 10.2. The molecule has 1 aliphatic heterocycles. The predicted molar refractivity (Wildman–Crippen MR) is 51.7 cm³/mol. The van der Waals surface area contributed by atoms with Crippen molar-refractivity contribution in [3.05, 3.63) is 0 Å². The van der Waals surface area contributed by atoms with Crippen LogP contribution in [0.4, 0.5) is 0 Å². The highest BCUT2D eigenvalue weighted by atomic mass is 28.3. The Kier molecular flexibility index (Phi) is 4.16. The Hall–Kier alpha value is 0.177. The summed E-state index contributed by atoms with van der Waals surface area (Å²) in [6.45, 7) is 5.70. The highest BCUT2D eigenvalue weighted by Crippen LogP contribution is 2.18. The third kappa shape index (κ3) is 2.60. The number of rotatable bonds is 3. The van der Waals surface area contributed by atoms with E-state index in [9.17, 15) is 0 Å². The topological polar surface area (TPSA) is 9.23 Å². The normalized spacial score (nSPS) is 25.9. The Labute approximate surface area is 71.7 Å². The summed E-state index contributed by atoms with van der Waals surface area (Å²) in [5.41, 5.74) is 0.721. The molecule has 1 saturated heterocycles. The van der Waals surface area contributed by atoms with Crippen LogP contribution in [0.2, 0.25) is 12.1 Å². The zero-order valence-electron chi connectivity index (χ0n) is 7.81. The van der Waals surface area contributed by atoms with Crippen LogP contribution in [0.5, 0.6) is 0 Å². The van der Waals surface area contributed by atoms with Crippen molar-refractivity contribution in [2.24, 2.45) is 0 Å². The van der Waals surface area contributed by atoms with Crippen LogP contribution in [0.15, 0.2) is 0 Å². The van der Waals surface area contributed by atoms with E-state index in [1.165, 1.54) is 31.4 Å². The maximum Gasteiger partial charge on any atom is 0.0711 e. The fourth-order valence-corrected chi connectivity index (χ4v) is 4.70. The molecule has 1 aliphatic rings. The Bertz CT molecular complexity index is 95.7. The van der Waals surface area contributed by atoms with Crippen molar-refractivity contribution in [1.29, 1.82) is 0 Å². The van der Waals surface area contributed by atoms with Gasteiger partial charge in [-0.3, -0.25) is 0 Å². The molecular weight excluding hydrogens is 152 g/mol. The summed E-state index contributed by atoms with van der Waals surface area (Å²) >= 11 is 0. The Morgan fingerprint density at radius 1 is 1.27 bits per heavy atom. The van der Waals surface area contributed by atoms with Crippen molar-refractivity contribution in [2.45, 2.75) is 50.9 Å². The van der Waals surface area contributed by atoms with Gasteiger partial charge in [-0.05, 0) is 19.3 Å². The minimum absolute atomic E-state index is 0.496. The Balaban J connectivity index is 2.30. The van der Waals surface area contributed by atoms with Crippen molar-refractivity contribution in [3.8, 4) is 0 Å². The molecule has 0 aliphatic carbocycles. The van der Waals surface area contributed by atoms with Crippen LogP contribution in [-0.2, 0) is 4.74 Å². The van der Waals surface area contributed by atoms with Gasteiger partial charge in [0, 0.05) is 12.3 Å². The van der Waals surface area contributed by atoms with E-state index in [4.69, 9.17) is 4.74 Å².